The van der Waals surface area contributed by atoms with Crippen LogP contribution in [0.3, 0.4) is 0 Å². The van der Waals surface area contributed by atoms with Crippen LogP contribution in [0, 0.1) is 10.1 Å². The van der Waals surface area contributed by atoms with E-state index in [4.69, 9.17) is 23.2 Å². The Kier molecular flexibility index (Phi) is 4.71. The molecule has 0 fully saturated rings. The second-order valence-electron chi connectivity index (χ2n) is 3.12. The molecule has 0 spiro atoms. The molecule has 0 saturated heterocycles. The van der Waals surface area contributed by atoms with E-state index in [9.17, 15) is 14.9 Å². The zero-order valence-electron chi connectivity index (χ0n) is 8.23. The summed E-state index contributed by atoms with van der Waals surface area (Å²) in [5.41, 5.74) is 0.111. The van der Waals surface area contributed by atoms with E-state index in [1.165, 1.54) is 24.3 Å². The number of hydrogen-bond donors (Lipinski definition) is 0. The standard InChI is InChI=1S/C10H9Cl2NO3/c11-5-4-9(12)10(14)7-2-1-3-8(6-7)13(15)16/h1-3,6,9H,4-5H2. The first-order valence-electron chi connectivity index (χ1n) is 4.55. The Balaban J connectivity index is 2.91. The van der Waals surface area contributed by atoms with E-state index in [2.05, 4.69) is 0 Å². The highest BCUT2D eigenvalue weighted by atomic mass is 35.5. The molecule has 16 heavy (non-hydrogen) atoms. The molecular formula is C10H9Cl2NO3. The highest BCUT2D eigenvalue weighted by Gasteiger charge is 2.18. The lowest BCUT2D eigenvalue weighted by Gasteiger charge is -2.05. The molecule has 0 aromatic heterocycles. The van der Waals surface area contributed by atoms with Crippen LogP contribution in [0.2, 0.25) is 0 Å². The number of benzene rings is 1. The number of carbonyl (C=O) groups is 1. The summed E-state index contributed by atoms with van der Waals surface area (Å²) >= 11 is 11.3. The maximum absolute atomic E-state index is 11.7. The normalized spacial score (nSPS) is 12.1. The van der Waals surface area contributed by atoms with Gasteiger partial charge in [-0.3, -0.25) is 14.9 Å². The van der Waals surface area contributed by atoms with E-state index in [-0.39, 0.29) is 22.9 Å². The zero-order valence-corrected chi connectivity index (χ0v) is 9.74. The molecule has 6 heteroatoms. The van der Waals surface area contributed by atoms with Gasteiger partial charge < -0.3 is 0 Å². The van der Waals surface area contributed by atoms with Gasteiger partial charge in [-0.25, -0.2) is 0 Å². The molecule has 0 radical (unpaired) electrons. The van der Waals surface area contributed by atoms with Crippen LogP contribution in [0.5, 0.6) is 0 Å². The number of carbonyl (C=O) groups excluding carboxylic acids is 1. The van der Waals surface area contributed by atoms with Crippen molar-refractivity contribution in [2.45, 2.75) is 11.8 Å². The molecule has 0 heterocycles. The Hall–Kier alpha value is -1.13. The van der Waals surface area contributed by atoms with Crippen LogP contribution in [0.15, 0.2) is 24.3 Å². The largest absolute Gasteiger partial charge is 0.293 e. The number of alkyl halides is 2. The second-order valence-corrected chi connectivity index (χ2v) is 4.02. The lowest BCUT2D eigenvalue weighted by atomic mass is 10.1. The fourth-order valence-electron chi connectivity index (χ4n) is 1.18. The van der Waals surface area contributed by atoms with Gasteiger partial charge in [-0.2, -0.15) is 0 Å². The SMILES string of the molecule is O=C(c1cccc([N+](=O)[O-])c1)C(Cl)CCCl. The van der Waals surface area contributed by atoms with Gasteiger partial charge >= 0.3 is 0 Å². The van der Waals surface area contributed by atoms with E-state index in [0.29, 0.717) is 6.42 Å². The van der Waals surface area contributed by atoms with Gasteiger partial charge in [0.2, 0.25) is 0 Å². The van der Waals surface area contributed by atoms with Crippen LogP contribution in [-0.2, 0) is 0 Å². The fourth-order valence-corrected chi connectivity index (χ4v) is 1.75. The van der Waals surface area contributed by atoms with Gasteiger partial charge in [0.05, 0.1) is 10.3 Å². The predicted octanol–water partition coefficient (Wildman–Crippen LogP) is 3.01. The topological polar surface area (TPSA) is 60.2 Å². The third-order valence-electron chi connectivity index (χ3n) is 1.99. The number of nitro groups is 1. The third kappa shape index (κ3) is 3.18. The average molecular weight is 262 g/mol. The number of nitrogens with zero attached hydrogens (tertiary/aromatic N) is 1. The minimum absolute atomic E-state index is 0.124. The molecule has 0 aliphatic rings. The first-order valence-corrected chi connectivity index (χ1v) is 5.52. The van der Waals surface area contributed by atoms with Gasteiger partial charge in [0.25, 0.3) is 5.69 Å². The summed E-state index contributed by atoms with van der Waals surface area (Å²) < 4.78 is 0. The molecule has 1 aromatic rings. The Bertz CT molecular complexity index is 409. The maximum atomic E-state index is 11.7. The number of halogens is 2. The van der Waals surface area contributed by atoms with Gasteiger partial charge in [0.15, 0.2) is 5.78 Å². The van der Waals surface area contributed by atoms with E-state index in [1.807, 2.05) is 0 Å². The van der Waals surface area contributed by atoms with Crippen molar-refractivity contribution < 1.29 is 9.72 Å². The Morgan fingerprint density at radius 3 is 2.75 bits per heavy atom. The number of ketones is 1. The van der Waals surface area contributed by atoms with Crippen molar-refractivity contribution in [1.29, 1.82) is 0 Å². The van der Waals surface area contributed by atoms with Crippen molar-refractivity contribution in [3.8, 4) is 0 Å². The van der Waals surface area contributed by atoms with Crippen LogP contribution >= 0.6 is 23.2 Å². The van der Waals surface area contributed by atoms with E-state index in [0.717, 1.165) is 0 Å². The van der Waals surface area contributed by atoms with Gasteiger partial charge in [-0.15, -0.1) is 23.2 Å². The smallest absolute Gasteiger partial charge is 0.270 e. The van der Waals surface area contributed by atoms with Gasteiger partial charge in [0.1, 0.15) is 0 Å². The van der Waals surface area contributed by atoms with Gasteiger partial charge in [-0.1, -0.05) is 12.1 Å². The number of nitro benzene ring substituents is 1. The molecule has 1 aromatic carbocycles. The van der Waals surface area contributed by atoms with Crippen LogP contribution < -0.4 is 0 Å². The maximum Gasteiger partial charge on any atom is 0.270 e. The summed E-state index contributed by atoms with van der Waals surface area (Å²) in [6.07, 6.45) is 0.338. The summed E-state index contributed by atoms with van der Waals surface area (Å²) in [5, 5.41) is 9.77. The zero-order chi connectivity index (χ0) is 12.1. The summed E-state index contributed by atoms with van der Waals surface area (Å²) in [6, 6.07) is 5.49. The Morgan fingerprint density at radius 1 is 1.50 bits per heavy atom. The molecule has 1 rings (SSSR count). The number of Topliss-reactive ketones (excluding diaryl/α,β-unsaturated/α-hetero) is 1. The van der Waals surface area contributed by atoms with Crippen molar-refractivity contribution in [1.82, 2.24) is 0 Å². The Labute approximate surface area is 102 Å². The average Bonchev–Trinajstić information content (AvgIpc) is 2.28. The van der Waals surface area contributed by atoms with Crippen molar-refractivity contribution >= 4 is 34.7 Å². The van der Waals surface area contributed by atoms with E-state index < -0.39 is 10.3 Å². The van der Waals surface area contributed by atoms with Gasteiger partial charge in [-0.05, 0) is 6.42 Å². The molecule has 86 valence electrons. The van der Waals surface area contributed by atoms with E-state index in [1.54, 1.807) is 0 Å². The van der Waals surface area contributed by atoms with Crippen molar-refractivity contribution in [2.24, 2.45) is 0 Å². The van der Waals surface area contributed by atoms with Crippen LogP contribution in [0.4, 0.5) is 5.69 Å². The summed E-state index contributed by atoms with van der Waals surface area (Å²) in [5.74, 6) is -0.0690. The van der Waals surface area contributed by atoms with Gasteiger partial charge in [0, 0.05) is 23.6 Å². The second kappa shape index (κ2) is 5.82. The molecule has 4 nitrogen and oxygen atoms in total. The van der Waals surface area contributed by atoms with Crippen LogP contribution in [0.1, 0.15) is 16.8 Å². The molecule has 0 saturated carbocycles. The minimum atomic E-state index is -0.737. The van der Waals surface area contributed by atoms with E-state index >= 15 is 0 Å². The number of non-ortho nitro benzene ring substituents is 1. The molecule has 0 bridgehead atoms. The van der Waals surface area contributed by atoms with Crippen molar-refractivity contribution in [2.75, 3.05) is 5.88 Å². The monoisotopic (exact) mass is 261 g/mol. The first kappa shape index (κ1) is 12.9. The molecule has 0 aliphatic carbocycles. The molecule has 1 atom stereocenters. The quantitative estimate of drug-likeness (QED) is 0.354. The minimum Gasteiger partial charge on any atom is -0.293 e. The summed E-state index contributed by atoms with van der Waals surface area (Å²) in [6.45, 7) is 0. The fraction of sp³-hybridized carbons (Fsp3) is 0.300. The summed E-state index contributed by atoms with van der Waals surface area (Å²) in [4.78, 5) is 21.7. The number of rotatable bonds is 5. The molecule has 0 N–H and O–H groups in total. The molecular weight excluding hydrogens is 253 g/mol. The van der Waals surface area contributed by atoms with Crippen LogP contribution in [0.25, 0.3) is 0 Å². The molecule has 0 aliphatic heterocycles. The van der Waals surface area contributed by atoms with Crippen molar-refractivity contribution in [3.05, 3.63) is 39.9 Å². The van der Waals surface area contributed by atoms with Crippen molar-refractivity contribution in [3.63, 3.8) is 0 Å². The Morgan fingerprint density at radius 2 is 2.19 bits per heavy atom. The third-order valence-corrected chi connectivity index (χ3v) is 2.62. The lowest BCUT2D eigenvalue weighted by molar-refractivity contribution is -0.384. The first-order chi connectivity index (χ1) is 7.56. The lowest BCUT2D eigenvalue weighted by Crippen LogP contribution is -2.15. The van der Waals surface area contributed by atoms with Crippen LogP contribution in [-0.4, -0.2) is 22.0 Å². The number of hydrogen-bond acceptors (Lipinski definition) is 3. The molecule has 1 unspecified atom stereocenters. The highest BCUT2D eigenvalue weighted by molar-refractivity contribution is 6.34. The molecule has 0 amide bonds. The predicted molar refractivity (Wildman–Crippen MR) is 62.4 cm³/mol. The highest BCUT2D eigenvalue weighted by Crippen LogP contribution is 2.17. The summed E-state index contributed by atoms with van der Waals surface area (Å²) in [7, 11) is 0.